The van der Waals surface area contributed by atoms with Crippen LogP contribution in [0.15, 0.2) is 12.1 Å². The molecule has 126 valence electrons. The maximum atomic E-state index is 12.7. The van der Waals surface area contributed by atoms with E-state index in [9.17, 15) is 9.90 Å². The zero-order chi connectivity index (χ0) is 16.4. The largest absolute Gasteiger partial charge is 0.507 e. The molecule has 1 atom stereocenters. The molecule has 23 heavy (non-hydrogen) atoms. The molecule has 1 aromatic carbocycles. The fourth-order valence-corrected chi connectivity index (χ4v) is 3.77. The Hall–Kier alpha value is -1.59. The summed E-state index contributed by atoms with van der Waals surface area (Å²) in [4.78, 5) is 15.1. The minimum Gasteiger partial charge on any atom is -0.507 e. The third-order valence-corrected chi connectivity index (χ3v) is 5.02. The number of benzene rings is 1. The number of phenols is 1. The Morgan fingerprint density at radius 2 is 1.91 bits per heavy atom. The second kappa shape index (κ2) is 6.89. The molecule has 1 saturated carbocycles. The van der Waals surface area contributed by atoms with Crippen LogP contribution >= 0.6 is 0 Å². The van der Waals surface area contributed by atoms with E-state index in [0.717, 1.165) is 23.4 Å². The standard InChI is InChI=1S/C18H26N2O3/c1-12-9-14(10-13(2)17(12)21)19-18(22)16-11-23-8-7-20(16)15-5-3-4-6-15/h9-10,15-16,21H,3-8,11H2,1-2H3,(H,19,22)/t16-/m0/s1. The highest BCUT2D eigenvalue weighted by Crippen LogP contribution is 2.28. The molecule has 1 aromatic rings. The molecule has 1 saturated heterocycles. The molecule has 0 radical (unpaired) electrons. The van der Waals surface area contributed by atoms with E-state index in [0.29, 0.717) is 19.3 Å². The molecule has 3 rings (SSSR count). The Balaban J connectivity index is 1.73. The summed E-state index contributed by atoms with van der Waals surface area (Å²) in [6.45, 7) is 5.67. The number of carbonyl (C=O) groups is 1. The number of hydrogen-bond acceptors (Lipinski definition) is 4. The molecular formula is C18H26N2O3. The van der Waals surface area contributed by atoms with Gasteiger partial charge in [-0.15, -0.1) is 0 Å². The van der Waals surface area contributed by atoms with Gasteiger partial charge in [0.2, 0.25) is 5.91 Å². The maximum Gasteiger partial charge on any atom is 0.244 e. The van der Waals surface area contributed by atoms with Crippen LogP contribution in [0.1, 0.15) is 36.8 Å². The van der Waals surface area contributed by atoms with Gasteiger partial charge in [0.25, 0.3) is 0 Å². The molecule has 0 spiro atoms. The van der Waals surface area contributed by atoms with Gasteiger partial charge >= 0.3 is 0 Å². The van der Waals surface area contributed by atoms with Gasteiger partial charge in [0.15, 0.2) is 0 Å². The van der Waals surface area contributed by atoms with Gasteiger partial charge in [0.05, 0.1) is 13.2 Å². The van der Waals surface area contributed by atoms with Gasteiger partial charge in [-0.25, -0.2) is 0 Å². The molecule has 0 bridgehead atoms. The van der Waals surface area contributed by atoms with Gasteiger partial charge in [0, 0.05) is 18.3 Å². The Morgan fingerprint density at radius 1 is 1.26 bits per heavy atom. The third kappa shape index (κ3) is 3.51. The van der Waals surface area contributed by atoms with Crippen molar-refractivity contribution in [2.75, 3.05) is 25.1 Å². The minimum absolute atomic E-state index is 0.0129. The lowest BCUT2D eigenvalue weighted by molar-refractivity contribution is -0.129. The number of nitrogens with one attached hydrogen (secondary N) is 1. The summed E-state index contributed by atoms with van der Waals surface area (Å²) >= 11 is 0. The summed E-state index contributed by atoms with van der Waals surface area (Å²) in [6.07, 6.45) is 4.88. The summed E-state index contributed by atoms with van der Waals surface area (Å²) in [5.74, 6) is 0.276. The quantitative estimate of drug-likeness (QED) is 0.841. The third-order valence-electron chi connectivity index (χ3n) is 5.02. The number of hydrogen-bond donors (Lipinski definition) is 2. The van der Waals surface area contributed by atoms with Crippen molar-refractivity contribution in [2.24, 2.45) is 0 Å². The number of rotatable bonds is 3. The topological polar surface area (TPSA) is 61.8 Å². The number of anilines is 1. The number of aryl methyl sites for hydroxylation is 2. The monoisotopic (exact) mass is 318 g/mol. The molecule has 5 heteroatoms. The highest BCUT2D eigenvalue weighted by Gasteiger charge is 2.35. The summed E-state index contributed by atoms with van der Waals surface area (Å²) in [5.41, 5.74) is 2.28. The van der Waals surface area contributed by atoms with Crippen molar-refractivity contribution in [3.8, 4) is 5.75 Å². The first-order chi connectivity index (χ1) is 11.1. The Labute approximate surface area is 137 Å². The van der Waals surface area contributed by atoms with Crippen LogP contribution in [0.4, 0.5) is 5.69 Å². The Kier molecular flexibility index (Phi) is 4.87. The van der Waals surface area contributed by atoms with Gasteiger partial charge in [-0.1, -0.05) is 12.8 Å². The van der Waals surface area contributed by atoms with Gasteiger partial charge in [-0.2, -0.15) is 0 Å². The van der Waals surface area contributed by atoms with Crippen molar-refractivity contribution in [1.82, 2.24) is 4.90 Å². The van der Waals surface area contributed by atoms with E-state index >= 15 is 0 Å². The number of nitrogens with zero attached hydrogens (tertiary/aromatic N) is 1. The first kappa shape index (κ1) is 16.3. The van der Waals surface area contributed by atoms with E-state index in [1.165, 1.54) is 25.7 Å². The van der Waals surface area contributed by atoms with Crippen molar-refractivity contribution in [3.63, 3.8) is 0 Å². The van der Waals surface area contributed by atoms with Crippen molar-refractivity contribution in [2.45, 2.75) is 51.6 Å². The van der Waals surface area contributed by atoms with Crippen molar-refractivity contribution in [1.29, 1.82) is 0 Å². The lowest BCUT2D eigenvalue weighted by Gasteiger charge is -2.38. The number of amides is 1. The molecule has 1 heterocycles. The minimum atomic E-state index is -0.221. The van der Waals surface area contributed by atoms with Gasteiger partial charge < -0.3 is 15.2 Å². The van der Waals surface area contributed by atoms with Crippen LogP contribution in [0, 0.1) is 13.8 Å². The normalized spacial score (nSPS) is 23.1. The molecule has 2 N–H and O–H groups in total. The number of aromatic hydroxyl groups is 1. The molecular weight excluding hydrogens is 292 g/mol. The average Bonchev–Trinajstić information content (AvgIpc) is 3.07. The number of phenolic OH excluding ortho intramolecular Hbond substituents is 1. The van der Waals surface area contributed by atoms with Crippen LogP contribution in [-0.2, 0) is 9.53 Å². The van der Waals surface area contributed by atoms with Crippen molar-refractivity contribution >= 4 is 11.6 Å². The highest BCUT2D eigenvalue weighted by atomic mass is 16.5. The van der Waals surface area contributed by atoms with Crippen LogP contribution in [0.25, 0.3) is 0 Å². The van der Waals surface area contributed by atoms with E-state index < -0.39 is 0 Å². The molecule has 1 aliphatic heterocycles. The number of ether oxygens (including phenoxy) is 1. The highest BCUT2D eigenvalue weighted by molar-refractivity contribution is 5.95. The van der Waals surface area contributed by atoms with E-state index in [-0.39, 0.29) is 17.7 Å². The van der Waals surface area contributed by atoms with Crippen molar-refractivity contribution < 1.29 is 14.6 Å². The maximum absolute atomic E-state index is 12.7. The lowest BCUT2D eigenvalue weighted by Crippen LogP contribution is -2.55. The molecule has 1 amide bonds. The van der Waals surface area contributed by atoms with Crippen molar-refractivity contribution in [3.05, 3.63) is 23.3 Å². The summed E-state index contributed by atoms with van der Waals surface area (Å²) in [7, 11) is 0. The van der Waals surface area contributed by atoms with E-state index in [1.54, 1.807) is 0 Å². The molecule has 5 nitrogen and oxygen atoms in total. The SMILES string of the molecule is Cc1cc(NC(=O)[C@@H]2COCCN2C2CCCC2)cc(C)c1O. The van der Waals surface area contributed by atoms with Crippen LogP contribution in [-0.4, -0.2) is 47.8 Å². The smallest absolute Gasteiger partial charge is 0.244 e. The summed E-state index contributed by atoms with van der Waals surface area (Å²) < 4.78 is 5.55. The predicted octanol–water partition coefficient (Wildman–Crippen LogP) is 2.59. The first-order valence-electron chi connectivity index (χ1n) is 8.51. The van der Waals surface area contributed by atoms with E-state index in [1.807, 2.05) is 26.0 Å². The second-order valence-corrected chi connectivity index (χ2v) is 6.71. The zero-order valence-corrected chi connectivity index (χ0v) is 14.0. The number of carbonyl (C=O) groups excluding carboxylic acids is 1. The van der Waals surface area contributed by atoms with Gasteiger partial charge in [-0.05, 0) is 49.9 Å². The van der Waals surface area contributed by atoms with E-state index in [4.69, 9.17) is 4.74 Å². The Morgan fingerprint density at radius 3 is 2.57 bits per heavy atom. The first-order valence-corrected chi connectivity index (χ1v) is 8.51. The Bertz CT molecular complexity index is 559. The molecule has 0 unspecified atom stereocenters. The fraction of sp³-hybridized carbons (Fsp3) is 0.611. The second-order valence-electron chi connectivity index (χ2n) is 6.71. The summed E-state index contributed by atoms with van der Waals surface area (Å²) in [6, 6.07) is 3.91. The average molecular weight is 318 g/mol. The number of morpholine rings is 1. The molecule has 2 aliphatic rings. The van der Waals surface area contributed by atoms with E-state index in [2.05, 4.69) is 10.2 Å². The predicted molar refractivity (Wildman–Crippen MR) is 89.8 cm³/mol. The molecule has 1 aliphatic carbocycles. The zero-order valence-electron chi connectivity index (χ0n) is 14.0. The molecule has 2 fully saturated rings. The van der Waals surface area contributed by atoms with Crippen LogP contribution < -0.4 is 5.32 Å². The molecule has 0 aromatic heterocycles. The van der Waals surface area contributed by atoms with Gasteiger partial charge in [-0.3, -0.25) is 9.69 Å². The fourth-order valence-electron chi connectivity index (χ4n) is 3.77. The van der Waals surface area contributed by atoms with Crippen LogP contribution in [0.5, 0.6) is 5.75 Å². The summed E-state index contributed by atoms with van der Waals surface area (Å²) in [5, 5.41) is 12.9. The lowest BCUT2D eigenvalue weighted by atomic mass is 10.1. The van der Waals surface area contributed by atoms with Crippen LogP contribution in [0.2, 0.25) is 0 Å². The van der Waals surface area contributed by atoms with Crippen LogP contribution in [0.3, 0.4) is 0 Å². The van der Waals surface area contributed by atoms with Gasteiger partial charge in [0.1, 0.15) is 11.8 Å².